The number of halogens is 1. The number of hydrogen-bond donors (Lipinski definition) is 1. The Morgan fingerprint density at radius 1 is 1.29 bits per heavy atom. The molecule has 3 heteroatoms. The lowest BCUT2D eigenvalue weighted by Crippen LogP contribution is -2.44. The molecule has 1 aromatic carbocycles. The highest BCUT2D eigenvalue weighted by Crippen LogP contribution is 2.36. The second kappa shape index (κ2) is 7.37. The summed E-state index contributed by atoms with van der Waals surface area (Å²) in [5.74, 6) is -0.0910. The van der Waals surface area contributed by atoms with Gasteiger partial charge in [0.2, 0.25) is 0 Å². The van der Waals surface area contributed by atoms with E-state index < -0.39 is 0 Å². The topological polar surface area (TPSA) is 15.3 Å². The molecule has 0 bridgehead atoms. The largest absolute Gasteiger partial charge is 0.317 e. The van der Waals surface area contributed by atoms with Crippen molar-refractivity contribution in [3.05, 3.63) is 35.6 Å². The van der Waals surface area contributed by atoms with Crippen LogP contribution >= 0.6 is 0 Å². The predicted molar refractivity (Wildman–Crippen MR) is 86.9 cm³/mol. The van der Waals surface area contributed by atoms with Gasteiger partial charge in [-0.05, 0) is 57.8 Å². The van der Waals surface area contributed by atoms with Crippen LogP contribution in [0, 0.1) is 11.2 Å². The molecule has 1 N–H and O–H groups in total. The minimum atomic E-state index is -0.0910. The van der Waals surface area contributed by atoms with E-state index in [0.29, 0.717) is 5.41 Å². The molecule has 1 fully saturated rings. The summed E-state index contributed by atoms with van der Waals surface area (Å²) in [5.41, 5.74) is 1.20. The molecule has 1 aliphatic heterocycles. The average molecular weight is 292 g/mol. The van der Waals surface area contributed by atoms with Crippen molar-refractivity contribution < 1.29 is 4.39 Å². The standard InChI is InChI=1S/C18H29FN2/c1-4-9-18(10-12-20-13-11-18)14-21(3)15(2)16-7-5-6-8-17(16)19/h5-8,15,20H,4,9-14H2,1-3H3. The van der Waals surface area contributed by atoms with E-state index in [9.17, 15) is 4.39 Å². The lowest BCUT2D eigenvalue weighted by molar-refractivity contribution is 0.0945. The van der Waals surface area contributed by atoms with E-state index >= 15 is 0 Å². The Hall–Kier alpha value is -0.930. The third kappa shape index (κ3) is 4.04. The molecule has 1 saturated heterocycles. The van der Waals surface area contributed by atoms with Crippen molar-refractivity contribution in [3.8, 4) is 0 Å². The summed E-state index contributed by atoms with van der Waals surface area (Å²) in [6.45, 7) is 7.66. The van der Waals surface area contributed by atoms with Gasteiger partial charge in [0.15, 0.2) is 0 Å². The molecule has 2 rings (SSSR count). The van der Waals surface area contributed by atoms with Gasteiger partial charge in [-0.3, -0.25) is 4.90 Å². The summed E-state index contributed by atoms with van der Waals surface area (Å²) in [5, 5.41) is 3.46. The van der Waals surface area contributed by atoms with E-state index in [4.69, 9.17) is 0 Å². The zero-order valence-corrected chi connectivity index (χ0v) is 13.7. The Labute approximate surface area is 128 Å². The molecule has 21 heavy (non-hydrogen) atoms. The van der Waals surface area contributed by atoms with Crippen molar-refractivity contribution in [3.63, 3.8) is 0 Å². The van der Waals surface area contributed by atoms with E-state index in [-0.39, 0.29) is 11.9 Å². The fourth-order valence-corrected chi connectivity index (χ4v) is 3.69. The van der Waals surface area contributed by atoms with Gasteiger partial charge in [-0.25, -0.2) is 4.39 Å². The van der Waals surface area contributed by atoms with Crippen molar-refractivity contribution in [1.29, 1.82) is 0 Å². The maximum absolute atomic E-state index is 14.0. The molecular formula is C18H29FN2. The Balaban J connectivity index is 2.08. The number of nitrogens with one attached hydrogen (secondary N) is 1. The van der Waals surface area contributed by atoms with Gasteiger partial charge in [-0.15, -0.1) is 0 Å². The lowest BCUT2D eigenvalue weighted by Gasteiger charge is -2.42. The zero-order valence-electron chi connectivity index (χ0n) is 13.7. The van der Waals surface area contributed by atoms with Crippen LogP contribution in [-0.4, -0.2) is 31.6 Å². The lowest BCUT2D eigenvalue weighted by atomic mass is 9.74. The second-order valence-corrected chi connectivity index (χ2v) is 6.61. The van der Waals surface area contributed by atoms with Gasteiger partial charge in [0.05, 0.1) is 0 Å². The van der Waals surface area contributed by atoms with Crippen molar-refractivity contribution in [2.75, 3.05) is 26.7 Å². The molecule has 1 aromatic rings. The second-order valence-electron chi connectivity index (χ2n) is 6.61. The third-order valence-corrected chi connectivity index (χ3v) is 5.05. The van der Waals surface area contributed by atoms with Crippen LogP contribution in [0.3, 0.4) is 0 Å². The number of benzene rings is 1. The molecule has 0 amide bonds. The van der Waals surface area contributed by atoms with Crippen LogP contribution in [0.2, 0.25) is 0 Å². The van der Waals surface area contributed by atoms with Crippen LogP contribution in [0.25, 0.3) is 0 Å². The summed E-state index contributed by atoms with van der Waals surface area (Å²) in [6.07, 6.45) is 4.95. The quantitative estimate of drug-likeness (QED) is 0.853. The summed E-state index contributed by atoms with van der Waals surface area (Å²) in [7, 11) is 2.14. The molecule has 118 valence electrons. The van der Waals surface area contributed by atoms with Crippen LogP contribution in [0.15, 0.2) is 24.3 Å². The first-order valence-electron chi connectivity index (χ1n) is 8.23. The summed E-state index contributed by atoms with van der Waals surface area (Å²) in [4.78, 5) is 2.33. The molecule has 1 atom stereocenters. The first-order valence-corrected chi connectivity index (χ1v) is 8.23. The summed E-state index contributed by atoms with van der Waals surface area (Å²) >= 11 is 0. The minimum absolute atomic E-state index is 0.0910. The highest BCUT2D eigenvalue weighted by atomic mass is 19.1. The summed E-state index contributed by atoms with van der Waals surface area (Å²) in [6, 6.07) is 7.28. The number of nitrogens with zero attached hydrogens (tertiary/aromatic N) is 1. The zero-order chi connectivity index (χ0) is 15.3. The highest BCUT2D eigenvalue weighted by Gasteiger charge is 2.33. The van der Waals surface area contributed by atoms with Gasteiger partial charge in [0.25, 0.3) is 0 Å². The van der Waals surface area contributed by atoms with E-state index in [0.717, 1.165) is 25.2 Å². The average Bonchev–Trinajstić information content (AvgIpc) is 2.48. The molecule has 0 aliphatic carbocycles. The fraction of sp³-hybridized carbons (Fsp3) is 0.667. The Kier molecular flexibility index (Phi) is 5.77. The molecular weight excluding hydrogens is 263 g/mol. The van der Waals surface area contributed by atoms with Crippen LogP contribution in [-0.2, 0) is 0 Å². The van der Waals surface area contributed by atoms with Crippen molar-refractivity contribution >= 4 is 0 Å². The molecule has 0 saturated carbocycles. The van der Waals surface area contributed by atoms with Gasteiger partial charge in [-0.2, -0.15) is 0 Å². The maximum Gasteiger partial charge on any atom is 0.127 e. The first-order chi connectivity index (χ1) is 10.1. The number of piperidine rings is 1. The van der Waals surface area contributed by atoms with E-state index in [1.807, 2.05) is 12.1 Å². The van der Waals surface area contributed by atoms with Crippen molar-refractivity contribution in [1.82, 2.24) is 10.2 Å². The Bertz CT molecular complexity index is 435. The minimum Gasteiger partial charge on any atom is -0.317 e. The molecule has 0 radical (unpaired) electrons. The van der Waals surface area contributed by atoms with Gasteiger partial charge in [-0.1, -0.05) is 31.5 Å². The number of hydrogen-bond acceptors (Lipinski definition) is 2. The molecule has 2 nitrogen and oxygen atoms in total. The fourth-order valence-electron chi connectivity index (χ4n) is 3.69. The normalized spacial score (nSPS) is 19.7. The van der Waals surface area contributed by atoms with Crippen LogP contribution in [0.1, 0.15) is 51.1 Å². The molecule has 0 spiro atoms. The third-order valence-electron chi connectivity index (χ3n) is 5.05. The smallest absolute Gasteiger partial charge is 0.127 e. The molecule has 1 unspecified atom stereocenters. The molecule has 1 heterocycles. The Morgan fingerprint density at radius 2 is 1.95 bits per heavy atom. The Morgan fingerprint density at radius 3 is 2.57 bits per heavy atom. The summed E-state index contributed by atoms with van der Waals surface area (Å²) < 4.78 is 14.0. The van der Waals surface area contributed by atoms with Gasteiger partial charge in [0.1, 0.15) is 5.82 Å². The van der Waals surface area contributed by atoms with Gasteiger partial charge < -0.3 is 5.32 Å². The van der Waals surface area contributed by atoms with Crippen LogP contribution in [0.4, 0.5) is 4.39 Å². The van der Waals surface area contributed by atoms with Gasteiger partial charge >= 0.3 is 0 Å². The van der Waals surface area contributed by atoms with E-state index in [2.05, 4.69) is 31.1 Å². The van der Waals surface area contributed by atoms with Gasteiger partial charge in [0, 0.05) is 18.2 Å². The van der Waals surface area contributed by atoms with Crippen LogP contribution in [0.5, 0.6) is 0 Å². The monoisotopic (exact) mass is 292 g/mol. The van der Waals surface area contributed by atoms with Crippen molar-refractivity contribution in [2.24, 2.45) is 5.41 Å². The van der Waals surface area contributed by atoms with Crippen LogP contribution < -0.4 is 5.32 Å². The van der Waals surface area contributed by atoms with E-state index in [1.54, 1.807) is 12.1 Å². The molecule has 0 aromatic heterocycles. The highest BCUT2D eigenvalue weighted by molar-refractivity contribution is 5.20. The van der Waals surface area contributed by atoms with E-state index in [1.165, 1.54) is 25.7 Å². The predicted octanol–water partition coefficient (Wildman–Crippen LogP) is 3.99. The van der Waals surface area contributed by atoms with Crippen molar-refractivity contribution in [2.45, 2.75) is 45.6 Å². The SMILES string of the molecule is CCCC1(CN(C)C(C)c2ccccc2F)CCNCC1. The maximum atomic E-state index is 14.0. The first kappa shape index (κ1) is 16.4. The molecule has 1 aliphatic rings. The number of rotatable bonds is 6.